The SMILES string of the molecule is CC1(C)c2cc(-c3cccc(-c4nc(-c5ccccc5)nc(-c5ccccc5)n4)c3)ccc2-c2c1ccc1ccccc21. The first-order valence-corrected chi connectivity index (χ1v) is 14.7. The first kappa shape index (κ1) is 25.3. The highest BCUT2D eigenvalue weighted by Crippen LogP contribution is 2.52. The Morgan fingerprint density at radius 3 is 1.67 bits per heavy atom. The van der Waals surface area contributed by atoms with Gasteiger partial charge in [0.25, 0.3) is 0 Å². The monoisotopic (exact) mass is 551 g/mol. The molecular weight excluding hydrogens is 522 g/mol. The predicted molar refractivity (Wildman–Crippen MR) is 177 cm³/mol. The first-order valence-electron chi connectivity index (χ1n) is 14.7. The minimum Gasteiger partial charge on any atom is -0.208 e. The van der Waals surface area contributed by atoms with E-state index >= 15 is 0 Å². The average Bonchev–Trinajstić information content (AvgIpc) is 3.31. The highest BCUT2D eigenvalue weighted by Gasteiger charge is 2.36. The summed E-state index contributed by atoms with van der Waals surface area (Å²) < 4.78 is 0. The number of nitrogens with zero attached hydrogens (tertiary/aromatic N) is 3. The van der Waals surface area contributed by atoms with Crippen molar-refractivity contribution < 1.29 is 0 Å². The van der Waals surface area contributed by atoms with E-state index in [1.54, 1.807) is 0 Å². The van der Waals surface area contributed by atoms with Crippen LogP contribution in [0.3, 0.4) is 0 Å². The number of rotatable bonds is 4. The maximum atomic E-state index is 4.95. The highest BCUT2D eigenvalue weighted by atomic mass is 15.0. The van der Waals surface area contributed by atoms with E-state index in [0.29, 0.717) is 17.5 Å². The smallest absolute Gasteiger partial charge is 0.164 e. The van der Waals surface area contributed by atoms with Gasteiger partial charge in [0.1, 0.15) is 0 Å². The Hall–Kier alpha value is -5.41. The Morgan fingerprint density at radius 2 is 0.977 bits per heavy atom. The van der Waals surface area contributed by atoms with Crippen LogP contribution in [-0.4, -0.2) is 15.0 Å². The zero-order valence-corrected chi connectivity index (χ0v) is 24.1. The fourth-order valence-electron chi connectivity index (χ4n) is 6.46. The quantitative estimate of drug-likeness (QED) is 0.218. The topological polar surface area (TPSA) is 38.7 Å². The van der Waals surface area contributed by atoms with Gasteiger partial charge in [0.2, 0.25) is 0 Å². The Kier molecular flexibility index (Phi) is 5.80. The van der Waals surface area contributed by atoms with E-state index in [1.165, 1.54) is 38.6 Å². The van der Waals surface area contributed by atoms with Crippen LogP contribution in [0.1, 0.15) is 25.0 Å². The van der Waals surface area contributed by atoms with Gasteiger partial charge in [0, 0.05) is 22.1 Å². The number of benzene rings is 6. The lowest BCUT2D eigenvalue weighted by atomic mass is 9.81. The lowest BCUT2D eigenvalue weighted by Gasteiger charge is -2.22. The van der Waals surface area contributed by atoms with Crippen LogP contribution in [0.15, 0.2) is 140 Å². The summed E-state index contributed by atoms with van der Waals surface area (Å²) in [4.78, 5) is 14.8. The second kappa shape index (κ2) is 9.85. The standard InChI is InChI=1S/C40H29N3/c1-40(2)34-23-21-26-12-9-10-19-32(26)36(34)33-22-20-30(25-35(33)40)29-17-11-18-31(24-29)39-42-37(27-13-5-3-6-14-27)41-38(43-39)28-15-7-4-8-16-28/h3-25H,1-2H3. The maximum Gasteiger partial charge on any atom is 0.164 e. The second-order valence-electron chi connectivity index (χ2n) is 11.7. The molecule has 1 heterocycles. The average molecular weight is 552 g/mol. The zero-order chi connectivity index (χ0) is 29.0. The summed E-state index contributed by atoms with van der Waals surface area (Å²) in [6.45, 7) is 4.68. The molecule has 0 N–H and O–H groups in total. The first-order chi connectivity index (χ1) is 21.1. The van der Waals surface area contributed by atoms with Gasteiger partial charge >= 0.3 is 0 Å². The zero-order valence-electron chi connectivity index (χ0n) is 24.1. The second-order valence-corrected chi connectivity index (χ2v) is 11.7. The summed E-state index contributed by atoms with van der Waals surface area (Å²) >= 11 is 0. The van der Waals surface area contributed by atoms with Gasteiger partial charge < -0.3 is 0 Å². The molecule has 8 rings (SSSR count). The van der Waals surface area contributed by atoms with Gasteiger partial charge in [-0.05, 0) is 56.3 Å². The third-order valence-corrected chi connectivity index (χ3v) is 8.72. The van der Waals surface area contributed by atoms with Crippen LogP contribution < -0.4 is 0 Å². The van der Waals surface area contributed by atoms with E-state index in [4.69, 9.17) is 15.0 Å². The van der Waals surface area contributed by atoms with Gasteiger partial charge in [-0.3, -0.25) is 0 Å². The Labute approximate surface area is 251 Å². The van der Waals surface area contributed by atoms with Gasteiger partial charge in [-0.15, -0.1) is 0 Å². The van der Waals surface area contributed by atoms with Gasteiger partial charge in [-0.1, -0.05) is 141 Å². The molecule has 0 bridgehead atoms. The molecule has 6 aromatic carbocycles. The Morgan fingerprint density at radius 1 is 0.419 bits per heavy atom. The molecule has 3 nitrogen and oxygen atoms in total. The number of hydrogen-bond donors (Lipinski definition) is 0. The van der Waals surface area contributed by atoms with Gasteiger partial charge in [0.15, 0.2) is 17.5 Å². The molecule has 1 aliphatic rings. The fraction of sp³-hybridized carbons (Fsp3) is 0.0750. The van der Waals surface area contributed by atoms with Crippen molar-refractivity contribution in [3.05, 3.63) is 151 Å². The van der Waals surface area contributed by atoms with E-state index in [9.17, 15) is 0 Å². The van der Waals surface area contributed by atoms with E-state index < -0.39 is 0 Å². The van der Waals surface area contributed by atoms with Crippen molar-refractivity contribution in [3.63, 3.8) is 0 Å². The molecule has 3 heteroatoms. The predicted octanol–water partition coefficient (Wildman–Crippen LogP) is 10.00. The van der Waals surface area contributed by atoms with Crippen molar-refractivity contribution in [1.29, 1.82) is 0 Å². The van der Waals surface area contributed by atoms with E-state index in [2.05, 4.69) is 92.7 Å². The number of hydrogen-bond acceptors (Lipinski definition) is 3. The normalized spacial score (nSPS) is 13.1. The van der Waals surface area contributed by atoms with Crippen LogP contribution >= 0.6 is 0 Å². The van der Waals surface area contributed by atoms with Crippen molar-refractivity contribution in [2.24, 2.45) is 0 Å². The third kappa shape index (κ3) is 4.24. The molecule has 0 atom stereocenters. The Balaban J connectivity index is 1.24. The maximum absolute atomic E-state index is 4.95. The largest absolute Gasteiger partial charge is 0.208 e. The molecular formula is C40H29N3. The van der Waals surface area contributed by atoms with Crippen LogP contribution in [-0.2, 0) is 5.41 Å². The van der Waals surface area contributed by atoms with Crippen molar-refractivity contribution in [1.82, 2.24) is 15.0 Å². The van der Waals surface area contributed by atoms with E-state index in [0.717, 1.165) is 22.3 Å². The summed E-state index contributed by atoms with van der Waals surface area (Å²) in [6.07, 6.45) is 0. The van der Waals surface area contributed by atoms with E-state index in [1.807, 2.05) is 60.7 Å². The molecule has 0 radical (unpaired) electrons. The molecule has 0 fully saturated rings. The highest BCUT2D eigenvalue weighted by molar-refractivity contribution is 6.02. The molecule has 0 saturated carbocycles. The molecule has 0 amide bonds. The number of aromatic nitrogens is 3. The van der Waals surface area contributed by atoms with Crippen LogP contribution in [0, 0.1) is 0 Å². The van der Waals surface area contributed by atoms with Crippen LogP contribution in [0.4, 0.5) is 0 Å². The molecule has 43 heavy (non-hydrogen) atoms. The summed E-state index contributed by atoms with van der Waals surface area (Å²) in [7, 11) is 0. The molecule has 204 valence electrons. The molecule has 1 aliphatic carbocycles. The minimum absolute atomic E-state index is 0.0916. The van der Waals surface area contributed by atoms with E-state index in [-0.39, 0.29) is 5.41 Å². The van der Waals surface area contributed by atoms with Crippen LogP contribution in [0.5, 0.6) is 0 Å². The van der Waals surface area contributed by atoms with Crippen molar-refractivity contribution in [3.8, 4) is 56.4 Å². The summed E-state index contributed by atoms with van der Waals surface area (Å²) in [5, 5.41) is 2.60. The van der Waals surface area contributed by atoms with Gasteiger partial charge in [-0.25, -0.2) is 15.0 Å². The summed E-state index contributed by atoms with van der Waals surface area (Å²) in [5.41, 5.74) is 10.6. The van der Waals surface area contributed by atoms with Crippen LogP contribution in [0.25, 0.3) is 67.2 Å². The van der Waals surface area contributed by atoms with Crippen molar-refractivity contribution in [2.75, 3.05) is 0 Å². The third-order valence-electron chi connectivity index (χ3n) is 8.72. The van der Waals surface area contributed by atoms with Gasteiger partial charge in [-0.2, -0.15) is 0 Å². The fourth-order valence-corrected chi connectivity index (χ4v) is 6.46. The Bertz CT molecular complexity index is 2090. The molecule has 7 aromatic rings. The summed E-state index contributed by atoms with van der Waals surface area (Å²) in [5.74, 6) is 1.99. The van der Waals surface area contributed by atoms with Gasteiger partial charge in [0.05, 0.1) is 0 Å². The van der Waals surface area contributed by atoms with Crippen molar-refractivity contribution >= 4 is 10.8 Å². The lowest BCUT2D eigenvalue weighted by molar-refractivity contribution is 0.661. The molecule has 0 saturated heterocycles. The molecule has 0 aliphatic heterocycles. The summed E-state index contributed by atoms with van der Waals surface area (Å²) in [6, 6.07) is 49.0. The molecule has 0 spiro atoms. The molecule has 0 unspecified atom stereocenters. The molecule has 1 aromatic heterocycles. The van der Waals surface area contributed by atoms with Crippen molar-refractivity contribution in [2.45, 2.75) is 19.3 Å². The minimum atomic E-state index is -0.0916. The number of fused-ring (bicyclic) bond motifs is 5. The van der Waals surface area contributed by atoms with Crippen LogP contribution in [0.2, 0.25) is 0 Å². The lowest BCUT2D eigenvalue weighted by Crippen LogP contribution is -2.15.